The van der Waals surface area contributed by atoms with E-state index in [1.807, 2.05) is 0 Å². The van der Waals surface area contributed by atoms with E-state index in [0.717, 1.165) is 0 Å². The van der Waals surface area contributed by atoms with Gasteiger partial charge in [-0.25, -0.2) is 13.6 Å². The van der Waals surface area contributed by atoms with Gasteiger partial charge in [0.15, 0.2) is 0 Å². The lowest BCUT2D eigenvalue weighted by atomic mass is 10.2. The molecule has 1 atom stereocenters. The molecule has 1 amide bonds. The highest BCUT2D eigenvalue weighted by Gasteiger charge is 2.49. The van der Waals surface area contributed by atoms with Crippen LogP contribution < -0.4 is 5.32 Å². The Balaban J connectivity index is 4.58. The first-order valence-electron chi connectivity index (χ1n) is 4.04. The van der Waals surface area contributed by atoms with E-state index in [-0.39, 0.29) is 0 Å². The second-order valence-electron chi connectivity index (χ2n) is 2.80. The van der Waals surface area contributed by atoms with Crippen LogP contribution in [-0.2, 0) is 9.59 Å². The summed E-state index contributed by atoms with van der Waals surface area (Å²) in [5.74, 6) is -9.04. The van der Waals surface area contributed by atoms with Crippen LogP contribution >= 0.6 is 0 Å². The molecule has 0 saturated heterocycles. The highest BCUT2D eigenvalue weighted by atomic mass is 19.3. The summed E-state index contributed by atoms with van der Waals surface area (Å²) < 4.78 is 48.2. The van der Waals surface area contributed by atoms with Crippen molar-refractivity contribution in [2.45, 2.75) is 24.8 Å². The van der Waals surface area contributed by atoms with Crippen LogP contribution in [0.5, 0.6) is 0 Å². The predicted octanol–water partition coefficient (Wildman–Crippen LogP) is -0.161. The van der Waals surface area contributed by atoms with Crippen LogP contribution in [0.3, 0.4) is 0 Å². The molecule has 0 saturated carbocycles. The number of aliphatic carboxylic acids is 1. The Labute approximate surface area is 87.1 Å². The number of hydrogen-bond acceptors (Lipinski definition) is 3. The summed E-state index contributed by atoms with van der Waals surface area (Å²) in [6.45, 7) is -0.697. The molecule has 0 radical (unpaired) electrons. The zero-order valence-corrected chi connectivity index (χ0v) is 7.79. The van der Waals surface area contributed by atoms with Crippen molar-refractivity contribution in [2.24, 2.45) is 0 Å². The lowest BCUT2D eigenvalue weighted by molar-refractivity contribution is -0.171. The summed E-state index contributed by atoms with van der Waals surface area (Å²) in [5.41, 5.74) is 0. The SMILES string of the molecule is O=C(O)[C@@H](CCO)NC(=O)C(F)(F)C(F)F. The van der Waals surface area contributed by atoms with E-state index in [0.29, 0.717) is 0 Å². The van der Waals surface area contributed by atoms with Gasteiger partial charge in [0.2, 0.25) is 0 Å². The first-order chi connectivity index (χ1) is 7.23. The second-order valence-corrected chi connectivity index (χ2v) is 2.80. The highest BCUT2D eigenvalue weighted by molar-refractivity contribution is 5.88. The highest BCUT2D eigenvalue weighted by Crippen LogP contribution is 2.23. The maximum Gasteiger partial charge on any atom is 0.383 e. The monoisotopic (exact) mass is 247 g/mol. The van der Waals surface area contributed by atoms with E-state index in [9.17, 15) is 27.2 Å². The Morgan fingerprint density at radius 2 is 1.81 bits per heavy atom. The van der Waals surface area contributed by atoms with E-state index < -0.39 is 43.3 Å². The van der Waals surface area contributed by atoms with E-state index in [4.69, 9.17) is 10.2 Å². The maximum atomic E-state index is 12.4. The number of alkyl halides is 4. The summed E-state index contributed by atoms with van der Waals surface area (Å²) in [4.78, 5) is 21.0. The first-order valence-corrected chi connectivity index (χ1v) is 4.04. The number of amides is 1. The van der Waals surface area contributed by atoms with Gasteiger partial charge in [0.1, 0.15) is 6.04 Å². The molecule has 5 nitrogen and oxygen atoms in total. The van der Waals surface area contributed by atoms with Gasteiger partial charge < -0.3 is 15.5 Å². The number of carboxylic acid groups (broad SMARTS) is 1. The zero-order valence-electron chi connectivity index (χ0n) is 7.79. The predicted molar refractivity (Wildman–Crippen MR) is 42.2 cm³/mol. The molecular weight excluding hydrogens is 238 g/mol. The third kappa shape index (κ3) is 3.65. The summed E-state index contributed by atoms with van der Waals surface area (Å²) >= 11 is 0. The van der Waals surface area contributed by atoms with Crippen molar-refractivity contribution < 1.29 is 37.4 Å². The number of carboxylic acids is 1. The molecule has 0 fully saturated rings. The van der Waals surface area contributed by atoms with Crippen LogP contribution in [0.1, 0.15) is 6.42 Å². The molecule has 0 aliphatic rings. The Morgan fingerprint density at radius 3 is 2.12 bits per heavy atom. The Hall–Kier alpha value is -1.38. The van der Waals surface area contributed by atoms with Gasteiger partial charge in [-0.2, -0.15) is 8.78 Å². The van der Waals surface area contributed by atoms with Crippen LogP contribution in [0.25, 0.3) is 0 Å². The Morgan fingerprint density at radius 1 is 1.31 bits per heavy atom. The minimum Gasteiger partial charge on any atom is -0.480 e. The fraction of sp³-hybridized carbons (Fsp3) is 0.714. The molecule has 0 aromatic heterocycles. The van der Waals surface area contributed by atoms with Gasteiger partial charge in [-0.3, -0.25) is 4.79 Å². The van der Waals surface area contributed by atoms with Gasteiger partial charge in [0, 0.05) is 13.0 Å². The first kappa shape index (κ1) is 14.6. The number of aliphatic hydroxyl groups is 1. The van der Waals surface area contributed by atoms with E-state index in [1.54, 1.807) is 0 Å². The van der Waals surface area contributed by atoms with Crippen molar-refractivity contribution in [3.63, 3.8) is 0 Å². The van der Waals surface area contributed by atoms with Crippen LogP contribution in [0.15, 0.2) is 0 Å². The summed E-state index contributed by atoms with van der Waals surface area (Å²) in [5, 5.41) is 18.0. The topological polar surface area (TPSA) is 86.6 Å². The number of carbonyl (C=O) groups is 2. The third-order valence-corrected chi connectivity index (χ3v) is 1.60. The van der Waals surface area contributed by atoms with E-state index in [1.165, 1.54) is 5.32 Å². The molecule has 94 valence electrons. The molecule has 0 rings (SSSR count). The van der Waals surface area contributed by atoms with Gasteiger partial charge in [-0.15, -0.1) is 0 Å². The summed E-state index contributed by atoms with van der Waals surface area (Å²) in [6, 6.07) is -1.83. The second kappa shape index (κ2) is 5.64. The molecule has 0 unspecified atom stereocenters. The van der Waals surface area contributed by atoms with Crippen molar-refractivity contribution in [1.29, 1.82) is 0 Å². The van der Waals surface area contributed by atoms with Gasteiger partial charge in [0.25, 0.3) is 5.91 Å². The van der Waals surface area contributed by atoms with Gasteiger partial charge in [-0.05, 0) is 0 Å². The number of carbonyl (C=O) groups excluding carboxylic acids is 1. The Bertz CT molecular complexity index is 271. The molecule has 3 N–H and O–H groups in total. The summed E-state index contributed by atoms with van der Waals surface area (Å²) in [6.07, 6.45) is -4.78. The molecule has 0 spiro atoms. The molecule has 0 heterocycles. The van der Waals surface area contributed by atoms with Crippen molar-refractivity contribution in [3.8, 4) is 0 Å². The number of nitrogens with one attached hydrogen (secondary N) is 1. The van der Waals surface area contributed by atoms with Crippen LogP contribution in [0.2, 0.25) is 0 Å². The molecule has 0 aromatic rings. The van der Waals surface area contributed by atoms with E-state index in [2.05, 4.69) is 0 Å². The minimum atomic E-state index is -4.96. The van der Waals surface area contributed by atoms with Crippen molar-refractivity contribution in [3.05, 3.63) is 0 Å². The van der Waals surface area contributed by atoms with E-state index >= 15 is 0 Å². The van der Waals surface area contributed by atoms with Gasteiger partial charge in [0.05, 0.1) is 0 Å². The average Bonchev–Trinajstić information content (AvgIpc) is 2.16. The van der Waals surface area contributed by atoms with Crippen molar-refractivity contribution in [1.82, 2.24) is 5.32 Å². The third-order valence-electron chi connectivity index (χ3n) is 1.60. The normalized spacial score (nSPS) is 13.6. The van der Waals surface area contributed by atoms with Crippen LogP contribution in [-0.4, -0.2) is 47.1 Å². The Kier molecular flexibility index (Phi) is 5.15. The quantitative estimate of drug-likeness (QED) is 0.569. The molecule has 0 aromatic carbocycles. The fourth-order valence-corrected chi connectivity index (χ4v) is 0.740. The largest absolute Gasteiger partial charge is 0.480 e. The summed E-state index contributed by atoms with van der Waals surface area (Å²) in [7, 11) is 0. The lowest BCUT2D eigenvalue weighted by Crippen LogP contribution is -2.51. The molecular formula is C7H9F4NO4. The molecule has 0 bridgehead atoms. The van der Waals surface area contributed by atoms with Gasteiger partial charge in [-0.1, -0.05) is 0 Å². The van der Waals surface area contributed by atoms with Crippen LogP contribution in [0, 0.1) is 0 Å². The van der Waals surface area contributed by atoms with Crippen molar-refractivity contribution in [2.75, 3.05) is 6.61 Å². The van der Waals surface area contributed by atoms with Crippen LogP contribution in [0.4, 0.5) is 17.6 Å². The number of hydrogen-bond donors (Lipinski definition) is 3. The number of halogens is 4. The maximum absolute atomic E-state index is 12.4. The average molecular weight is 247 g/mol. The smallest absolute Gasteiger partial charge is 0.383 e. The molecule has 9 heteroatoms. The molecule has 16 heavy (non-hydrogen) atoms. The number of rotatable bonds is 6. The zero-order chi connectivity index (χ0) is 12.9. The van der Waals surface area contributed by atoms with Crippen molar-refractivity contribution >= 4 is 11.9 Å². The fourth-order valence-electron chi connectivity index (χ4n) is 0.740. The number of aliphatic hydroxyl groups excluding tert-OH is 1. The standard InChI is InChI=1S/C7H9F4NO4/c8-5(9)7(10,11)6(16)12-3(1-2-13)4(14)15/h3,5,13H,1-2H2,(H,12,16)(H,14,15)/t3-/m1/s1. The minimum absolute atomic E-state index is 0.555. The lowest BCUT2D eigenvalue weighted by Gasteiger charge is -2.18. The molecule has 0 aliphatic carbocycles. The molecule has 0 aliphatic heterocycles. The van der Waals surface area contributed by atoms with Gasteiger partial charge >= 0.3 is 18.3 Å².